The van der Waals surface area contributed by atoms with E-state index < -0.39 is 0 Å². The third kappa shape index (κ3) is 3.15. The summed E-state index contributed by atoms with van der Waals surface area (Å²) < 4.78 is 5.77. The molecule has 1 aromatic heterocycles. The molecular weight excluding hydrogens is 269 g/mol. The summed E-state index contributed by atoms with van der Waals surface area (Å²) in [5.41, 5.74) is 1.99. The van der Waals surface area contributed by atoms with Crippen LogP contribution in [0.4, 0.5) is 0 Å². The number of nitrogens with zero attached hydrogens (tertiary/aromatic N) is 1. The van der Waals surface area contributed by atoms with Crippen molar-refractivity contribution in [2.45, 2.75) is 20.0 Å². The number of hydrogen-bond acceptors (Lipinski definition) is 2. The van der Waals surface area contributed by atoms with Gasteiger partial charge in [-0.25, -0.2) is 4.98 Å². The van der Waals surface area contributed by atoms with Crippen LogP contribution in [-0.4, -0.2) is 4.98 Å². The highest BCUT2D eigenvalue weighted by atomic mass is 35.5. The van der Waals surface area contributed by atoms with E-state index in [0.29, 0.717) is 22.7 Å². The van der Waals surface area contributed by atoms with Gasteiger partial charge >= 0.3 is 0 Å². The van der Waals surface area contributed by atoms with Crippen LogP contribution in [0, 0.1) is 0 Å². The van der Waals surface area contributed by atoms with Crippen molar-refractivity contribution in [1.82, 2.24) is 4.98 Å². The molecule has 94 valence electrons. The van der Waals surface area contributed by atoms with Crippen LogP contribution in [0.15, 0.2) is 36.4 Å². The molecular formula is C14H13Cl2NO. The molecule has 0 atom stereocenters. The SMILES string of the molecule is CCc1c(OCc2ccccc2)cc(Cl)nc1Cl. The lowest BCUT2D eigenvalue weighted by atomic mass is 10.2. The second-order valence-electron chi connectivity index (χ2n) is 3.84. The second kappa shape index (κ2) is 6.07. The van der Waals surface area contributed by atoms with Gasteiger partial charge in [-0.15, -0.1) is 0 Å². The quantitative estimate of drug-likeness (QED) is 0.768. The minimum Gasteiger partial charge on any atom is -0.488 e. The summed E-state index contributed by atoms with van der Waals surface area (Å²) >= 11 is 11.9. The average molecular weight is 282 g/mol. The van der Waals surface area contributed by atoms with E-state index in [0.717, 1.165) is 17.5 Å². The molecule has 0 fully saturated rings. The van der Waals surface area contributed by atoms with Crippen molar-refractivity contribution < 1.29 is 4.74 Å². The fourth-order valence-electron chi connectivity index (χ4n) is 1.67. The van der Waals surface area contributed by atoms with Crippen LogP contribution in [0.25, 0.3) is 0 Å². The number of hydrogen-bond donors (Lipinski definition) is 0. The molecule has 0 saturated heterocycles. The minimum absolute atomic E-state index is 0.347. The Morgan fingerprint density at radius 3 is 2.56 bits per heavy atom. The number of aromatic nitrogens is 1. The Labute approximate surface area is 117 Å². The number of rotatable bonds is 4. The van der Waals surface area contributed by atoms with E-state index in [4.69, 9.17) is 27.9 Å². The molecule has 0 aliphatic rings. The molecule has 0 unspecified atom stereocenters. The van der Waals surface area contributed by atoms with Crippen molar-refractivity contribution in [3.05, 3.63) is 57.8 Å². The number of ether oxygens (including phenoxy) is 1. The molecule has 0 spiro atoms. The Morgan fingerprint density at radius 1 is 1.17 bits per heavy atom. The van der Waals surface area contributed by atoms with Gasteiger partial charge in [-0.2, -0.15) is 0 Å². The van der Waals surface area contributed by atoms with Gasteiger partial charge < -0.3 is 4.74 Å². The first kappa shape index (κ1) is 13.2. The third-order valence-corrected chi connectivity index (χ3v) is 3.10. The van der Waals surface area contributed by atoms with E-state index >= 15 is 0 Å². The Kier molecular flexibility index (Phi) is 4.45. The van der Waals surface area contributed by atoms with Crippen molar-refractivity contribution >= 4 is 23.2 Å². The van der Waals surface area contributed by atoms with E-state index in [1.54, 1.807) is 6.07 Å². The summed E-state index contributed by atoms with van der Waals surface area (Å²) in [6.07, 6.45) is 0.757. The molecule has 0 bridgehead atoms. The zero-order valence-electron chi connectivity index (χ0n) is 9.99. The van der Waals surface area contributed by atoms with Gasteiger partial charge in [0, 0.05) is 11.6 Å². The van der Waals surface area contributed by atoms with Crippen LogP contribution in [0.3, 0.4) is 0 Å². The third-order valence-electron chi connectivity index (χ3n) is 2.59. The molecule has 2 nitrogen and oxygen atoms in total. The van der Waals surface area contributed by atoms with Gasteiger partial charge in [0.15, 0.2) is 0 Å². The lowest BCUT2D eigenvalue weighted by molar-refractivity contribution is 0.303. The molecule has 0 amide bonds. The normalized spacial score (nSPS) is 10.4. The zero-order valence-corrected chi connectivity index (χ0v) is 11.5. The first-order chi connectivity index (χ1) is 8.70. The fraction of sp³-hybridized carbons (Fsp3) is 0.214. The van der Waals surface area contributed by atoms with Gasteiger partial charge in [-0.3, -0.25) is 0 Å². The number of halogens is 2. The van der Waals surface area contributed by atoms with Crippen molar-refractivity contribution in [3.63, 3.8) is 0 Å². The number of pyridine rings is 1. The summed E-state index contributed by atoms with van der Waals surface area (Å²) in [7, 11) is 0. The molecule has 4 heteroatoms. The molecule has 0 radical (unpaired) electrons. The monoisotopic (exact) mass is 281 g/mol. The summed E-state index contributed by atoms with van der Waals surface area (Å²) in [4.78, 5) is 4.01. The largest absolute Gasteiger partial charge is 0.488 e. The molecule has 0 N–H and O–H groups in total. The number of benzene rings is 1. The Bertz CT molecular complexity index is 529. The summed E-state index contributed by atoms with van der Waals surface area (Å²) in [6, 6.07) is 11.7. The van der Waals surface area contributed by atoms with Crippen LogP contribution >= 0.6 is 23.2 Å². The summed E-state index contributed by atoms with van der Waals surface area (Å²) in [5, 5.41) is 0.758. The highest BCUT2D eigenvalue weighted by Gasteiger charge is 2.10. The Balaban J connectivity index is 2.18. The average Bonchev–Trinajstić information content (AvgIpc) is 2.37. The van der Waals surface area contributed by atoms with Gasteiger partial charge in [0.25, 0.3) is 0 Å². The maximum Gasteiger partial charge on any atom is 0.137 e. The summed E-state index contributed by atoms with van der Waals surface area (Å²) in [5.74, 6) is 0.700. The molecule has 0 aliphatic carbocycles. The van der Waals surface area contributed by atoms with Gasteiger partial charge in [0.2, 0.25) is 0 Å². The van der Waals surface area contributed by atoms with Crippen LogP contribution in [0.1, 0.15) is 18.1 Å². The van der Waals surface area contributed by atoms with Crippen molar-refractivity contribution in [2.75, 3.05) is 0 Å². The van der Waals surface area contributed by atoms with Gasteiger partial charge in [0.1, 0.15) is 22.7 Å². The van der Waals surface area contributed by atoms with E-state index in [-0.39, 0.29) is 0 Å². The lowest BCUT2D eigenvalue weighted by Crippen LogP contribution is -2.00. The van der Waals surface area contributed by atoms with Crippen molar-refractivity contribution in [3.8, 4) is 5.75 Å². The predicted molar refractivity (Wildman–Crippen MR) is 74.4 cm³/mol. The van der Waals surface area contributed by atoms with Crippen LogP contribution in [0.2, 0.25) is 10.3 Å². The molecule has 0 aliphatic heterocycles. The molecule has 1 aromatic carbocycles. The standard InChI is InChI=1S/C14H13Cl2NO/c1-2-11-12(8-13(15)17-14(11)16)18-9-10-6-4-3-5-7-10/h3-8H,2,9H2,1H3. The zero-order chi connectivity index (χ0) is 13.0. The van der Waals surface area contributed by atoms with Crippen molar-refractivity contribution in [2.24, 2.45) is 0 Å². The van der Waals surface area contributed by atoms with Gasteiger partial charge in [0.05, 0.1) is 0 Å². The second-order valence-corrected chi connectivity index (χ2v) is 4.59. The molecule has 18 heavy (non-hydrogen) atoms. The molecule has 1 heterocycles. The highest BCUT2D eigenvalue weighted by molar-refractivity contribution is 6.33. The van der Waals surface area contributed by atoms with Gasteiger partial charge in [-0.1, -0.05) is 60.5 Å². The first-order valence-electron chi connectivity index (χ1n) is 5.72. The fourth-order valence-corrected chi connectivity index (χ4v) is 2.22. The van der Waals surface area contributed by atoms with Crippen molar-refractivity contribution in [1.29, 1.82) is 0 Å². The highest BCUT2D eigenvalue weighted by Crippen LogP contribution is 2.29. The van der Waals surface area contributed by atoms with E-state index in [2.05, 4.69) is 4.98 Å². The topological polar surface area (TPSA) is 22.1 Å². The minimum atomic E-state index is 0.347. The lowest BCUT2D eigenvalue weighted by Gasteiger charge is -2.11. The van der Waals surface area contributed by atoms with Crippen LogP contribution in [-0.2, 0) is 13.0 Å². The molecule has 0 saturated carbocycles. The molecule has 2 aromatic rings. The maximum atomic E-state index is 6.04. The van der Waals surface area contributed by atoms with E-state index in [1.165, 1.54) is 0 Å². The first-order valence-corrected chi connectivity index (χ1v) is 6.48. The van der Waals surface area contributed by atoms with Crippen LogP contribution < -0.4 is 4.74 Å². The van der Waals surface area contributed by atoms with Gasteiger partial charge in [-0.05, 0) is 12.0 Å². The summed E-state index contributed by atoms with van der Waals surface area (Å²) in [6.45, 7) is 2.50. The molecule has 2 rings (SSSR count). The Hall–Kier alpha value is -1.25. The van der Waals surface area contributed by atoms with E-state index in [1.807, 2.05) is 37.3 Å². The maximum absolute atomic E-state index is 6.04. The predicted octanol–water partition coefficient (Wildman–Crippen LogP) is 4.53. The van der Waals surface area contributed by atoms with E-state index in [9.17, 15) is 0 Å². The smallest absolute Gasteiger partial charge is 0.137 e. The Morgan fingerprint density at radius 2 is 1.89 bits per heavy atom. The van der Waals surface area contributed by atoms with Crippen LogP contribution in [0.5, 0.6) is 5.75 Å².